The Hall–Kier alpha value is -1.40. The van der Waals surface area contributed by atoms with Crippen LogP contribution in [0.4, 0.5) is 0 Å². The Morgan fingerprint density at radius 2 is 2.12 bits per heavy atom. The molecule has 0 unspecified atom stereocenters. The molecule has 0 saturated heterocycles. The molecule has 5 nitrogen and oxygen atoms in total. The van der Waals surface area contributed by atoms with E-state index in [0.29, 0.717) is 12.4 Å². The number of aliphatic carboxylic acids is 1. The number of halogens is 1. The summed E-state index contributed by atoms with van der Waals surface area (Å²) in [6, 6.07) is 5.47. The molecule has 1 aliphatic rings. The lowest BCUT2D eigenvalue weighted by atomic mass is 10.0. The predicted octanol–water partition coefficient (Wildman–Crippen LogP) is 0.685. The number of aliphatic imine (C=N–C) groups is 1. The lowest BCUT2D eigenvalue weighted by Gasteiger charge is -2.02. The fourth-order valence-electron chi connectivity index (χ4n) is 1.57. The molecule has 1 heterocycles. The quantitative estimate of drug-likeness (QED) is 0.748. The maximum absolute atomic E-state index is 10.5. The molecule has 0 aliphatic carbocycles. The molecular weight excluding hydrogens is 286 g/mol. The van der Waals surface area contributed by atoms with Crippen molar-refractivity contribution in [1.29, 1.82) is 0 Å². The van der Waals surface area contributed by atoms with Gasteiger partial charge in [-0.3, -0.25) is 9.79 Å². The summed E-state index contributed by atoms with van der Waals surface area (Å²) >= 11 is 0. The Labute approximate surface area is 110 Å². The maximum Gasteiger partial charge on any atom is 0.307 e. The largest absolute Gasteiger partial charge is 0.481 e. The lowest BCUT2D eigenvalue weighted by Crippen LogP contribution is -2.10. The van der Waals surface area contributed by atoms with Crippen molar-refractivity contribution in [2.75, 3.05) is 7.05 Å². The van der Waals surface area contributed by atoms with Crippen LogP contribution in [0.2, 0.25) is 0 Å². The first-order valence-corrected chi connectivity index (χ1v) is 4.88. The first-order chi connectivity index (χ1) is 7.66. The molecule has 0 spiro atoms. The molecule has 0 radical (unpaired) electrons. The van der Waals surface area contributed by atoms with Gasteiger partial charge in [-0.1, -0.05) is 18.2 Å². The number of nitrogens with zero attached hydrogens (tertiary/aromatic N) is 1. The number of hydrogen-bond acceptors (Lipinski definition) is 4. The summed E-state index contributed by atoms with van der Waals surface area (Å²) in [5.41, 5.74) is 12.9. The van der Waals surface area contributed by atoms with Crippen LogP contribution in [0.1, 0.15) is 16.7 Å². The minimum absolute atomic E-state index is 0. The Kier molecular flexibility index (Phi) is 6.45. The molecule has 0 atom stereocenters. The minimum atomic E-state index is -0.822. The fourth-order valence-corrected chi connectivity index (χ4v) is 1.57. The van der Waals surface area contributed by atoms with Crippen molar-refractivity contribution in [2.24, 2.45) is 16.5 Å². The van der Waals surface area contributed by atoms with Gasteiger partial charge in [0, 0.05) is 5.56 Å². The molecule has 17 heavy (non-hydrogen) atoms. The van der Waals surface area contributed by atoms with Gasteiger partial charge in [-0.15, -0.1) is 17.0 Å². The predicted molar refractivity (Wildman–Crippen MR) is 72.6 cm³/mol. The minimum Gasteiger partial charge on any atom is -0.481 e. The average molecular weight is 302 g/mol. The van der Waals surface area contributed by atoms with E-state index in [1.54, 1.807) is 6.07 Å². The summed E-state index contributed by atoms with van der Waals surface area (Å²) in [6.45, 7) is 0.564. The molecule has 0 fully saturated rings. The summed E-state index contributed by atoms with van der Waals surface area (Å²) in [5.74, 6) is -0.279. The number of fused-ring (bicyclic) bond motifs is 1. The van der Waals surface area contributed by atoms with E-state index in [4.69, 9.17) is 10.8 Å². The van der Waals surface area contributed by atoms with E-state index in [1.165, 1.54) is 7.05 Å². The third kappa shape index (κ3) is 3.83. The summed E-state index contributed by atoms with van der Waals surface area (Å²) in [4.78, 5) is 14.6. The Morgan fingerprint density at radius 1 is 1.47 bits per heavy atom. The van der Waals surface area contributed by atoms with E-state index in [9.17, 15) is 4.79 Å². The Balaban J connectivity index is 0.000000811. The van der Waals surface area contributed by atoms with Crippen LogP contribution in [0, 0.1) is 0 Å². The molecule has 2 rings (SSSR count). The SMILES string of the molecule is Br.CN.NC1=NCc2cc(CC(=O)O)ccc21. The molecule has 1 aromatic carbocycles. The monoisotopic (exact) mass is 301 g/mol. The van der Waals surface area contributed by atoms with Crippen LogP contribution in [-0.2, 0) is 17.8 Å². The van der Waals surface area contributed by atoms with Crippen LogP contribution in [0.5, 0.6) is 0 Å². The highest BCUT2D eigenvalue weighted by atomic mass is 79.9. The van der Waals surface area contributed by atoms with Crippen molar-refractivity contribution < 1.29 is 9.90 Å². The first kappa shape index (κ1) is 15.6. The zero-order valence-corrected chi connectivity index (χ0v) is 11.2. The van der Waals surface area contributed by atoms with Crippen LogP contribution >= 0.6 is 17.0 Å². The van der Waals surface area contributed by atoms with Crippen molar-refractivity contribution >= 4 is 28.8 Å². The third-order valence-electron chi connectivity index (χ3n) is 2.22. The van der Waals surface area contributed by atoms with E-state index < -0.39 is 5.97 Å². The highest BCUT2D eigenvalue weighted by Gasteiger charge is 2.13. The second kappa shape index (κ2) is 7.03. The molecule has 1 aromatic rings. The summed E-state index contributed by atoms with van der Waals surface area (Å²) in [7, 11) is 1.50. The summed E-state index contributed by atoms with van der Waals surface area (Å²) in [5, 5.41) is 8.61. The van der Waals surface area contributed by atoms with Crippen molar-refractivity contribution in [3.05, 3.63) is 34.9 Å². The van der Waals surface area contributed by atoms with Crippen LogP contribution in [0.25, 0.3) is 0 Å². The number of rotatable bonds is 2. The normalized spacial score (nSPS) is 11.5. The molecule has 1 aliphatic heterocycles. The lowest BCUT2D eigenvalue weighted by molar-refractivity contribution is -0.136. The Bertz CT molecular complexity index is 433. The van der Waals surface area contributed by atoms with Gasteiger partial charge in [0.2, 0.25) is 0 Å². The van der Waals surface area contributed by atoms with E-state index in [1.807, 2.05) is 12.1 Å². The van der Waals surface area contributed by atoms with Crippen LogP contribution < -0.4 is 11.5 Å². The summed E-state index contributed by atoms with van der Waals surface area (Å²) in [6.07, 6.45) is 0.0488. The highest BCUT2D eigenvalue weighted by molar-refractivity contribution is 8.93. The average Bonchev–Trinajstić information content (AvgIpc) is 2.62. The van der Waals surface area contributed by atoms with Gasteiger partial charge in [0.1, 0.15) is 5.84 Å². The molecule has 0 saturated carbocycles. The first-order valence-electron chi connectivity index (χ1n) is 4.88. The topological polar surface area (TPSA) is 102 Å². The van der Waals surface area contributed by atoms with Crippen LogP contribution in [0.15, 0.2) is 23.2 Å². The van der Waals surface area contributed by atoms with Crippen LogP contribution in [0.3, 0.4) is 0 Å². The van der Waals surface area contributed by atoms with Gasteiger partial charge in [0.25, 0.3) is 0 Å². The van der Waals surface area contributed by atoms with Gasteiger partial charge in [0.05, 0.1) is 13.0 Å². The highest BCUT2D eigenvalue weighted by Crippen LogP contribution is 2.18. The smallest absolute Gasteiger partial charge is 0.307 e. The Morgan fingerprint density at radius 3 is 2.71 bits per heavy atom. The number of nitrogens with two attached hydrogens (primary N) is 2. The molecule has 0 bridgehead atoms. The van der Waals surface area contributed by atoms with E-state index >= 15 is 0 Å². The van der Waals surface area contributed by atoms with Crippen molar-refractivity contribution in [3.8, 4) is 0 Å². The zero-order valence-electron chi connectivity index (χ0n) is 9.51. The van der Waals surface area contributed by atoms with Gasteiger partial charge in [-0.2, -0.15) is 0 Å². The summed E-state index contributed by atoms with van der Waals surface area (Å²) < 4.78 is 0. The zero-order chi connectivity index (χ0) is 12.1. The van der Waals surface area contributed by atoms with Crippen LogP contribution in [-0.4, -0.2) is 24.0 Å². The fraction of sp³-hybridized carbons (Fsp3) is 0.273. The van der Waals surface area contributed by atoms with E-state index in [0.717, 1.165) is 16.7 Å². The van der Waals surface area contributed by atoms with Crippen molar-refractivity contribution in [1.82, 2.24) is 0 Å². The maximum atomic E-state index is 10.5. The number of carboxylic acids is 1. The standard InChI is InChI=1S/C10H10N2O2.CH5N.BrH/c11-10-8-2-1-6(4-9(13)14)3-7(8)5-12-10;1-2;/h1-3H,4-5H2,(H2,11,12)(H,13,14);2H2,1H3;1H. The van der Waals surface area contributed by atoms with Gasteiger partial charge >= 0.3 is 5.97 Å². The van der Waals surface area contributed by atoms with Crippen molar-refractivity contribution in [3.63, 3.8) is 0 Å². The van der Waals surface area contributed by atoms with Gasteiger partial charge in [-0.05, 0) is 18.2 Å². The molecule has 0 amide bonds. The number of carboxylic acid groups (broad SMARTS) is 1. The van der Waals surface area contributed by atoms with Gasteiger partial charge in [0.15, 0.2) is 0 Å². The number of benzene rings is 1. The molecular formula is C11H16BrN3O2. The molecule has 6 heteroatoms. The number of hydrogen-bond donors (Lipinski definition) is 3. The van der Waals surface area contributed by atoms with E-state index in [2.05, 4.69) is 10.7 Å². The molecule has 5 N–H and O–H groups in total. The second-order valence-corrected chi connectivity index (χ2v) is 3.26. The van der Waals surface area contributed by atoms with E-state index in [-0.39, 0.29) is 23.4 Å². The molecule has 0 aromatic heterocycles. The van der Waals surface area contributed by atoms with Gasteiger partial charge < -0.3 is 16.6 Å². The molecule has 94 valence electrons. The third-order valence-corrected chi connectivity index (χ3v) is 2.22. The van der Waals surface area contributed by atoms with Gasteiger partial charge in [-0.25, -0.2) is 0 Å². The number of amidine groups is 1. The number of carbonyl (C=O) groups is 1. The second-order valence-electron chi connectivity index (χ2n) is 3.26. The van der Waals surface area contributed by atoms with Crippen molar-refractivity contribution in [2.45, 2.75) is 13.0 Å².